The third-order valence-corrected chi connectivity index (χ3v) is 3.15. The molecule has 0 aliphatic heterocycles. The van der Waals surface area contributed by atoms with Crippen LogP contribution in [0.4, 0.5) is 0 Å². The van der Waals surface area contributed by atoms with Crippen molar-refractivity contribution >= 4 is 0 Å². The topological polar surface area (TPSA) is 35.2 Å². The second-order valence-corrected chi connectivity index (χ2v) is 4.35. The van der Waals surface area contributed by atoms with Gasteiger partial charge in [-0.2, -0.15) is 0 Å². The van der Waals surface area contributed by atoms with Crippen molar-refractivity contribution in [3.8, 4) is 0 Å². The molecule has 0 bridgehead atoms. The average Bonchev–Trinajstić information content (AvgIpc) is 2.16. The van der Waals surface area contributed by atoms with E-state index in [1.165, 1.54) is 30.4 Å². The van der Waals surface area contributed by atoms with Crippen molar-refractivity contribution < 1.29 is 4.74 Å². The Morgan fingerprint density at radius 3 is 2.73 bits per heavy atom. The monoisotopic (exact) mass is 205 g/mol. The normalized spacial score (nSPS) is 18.5. The van der Waals surface area contributed by atoms with Crippen LogP contribution in [-0.2, 0) is 4.74 Å². The van der Waals surface area contributed by atoms with E-state index in [4.69, 9.17) is 10.5 Å². The molecule has 1 atom stereocenters. The summed E-state index contributed by atoms with van der Waals surface area (Å²) in [7, 11) is 0. The zero-order valence-corrected chi connectivity index (χ0v) is 9.28. The van der Waals surface area contributed by atoms with Crippen molar-refractivity contribution in [3.63, 3.8) is 0 Å². The molecule has 0 aromatic heterocycles. The van der Waals surface area contributed by atoms with Crippen LogP contribution in [0.5, 0.6) is 0 Å². The lowest BCUT2D eigenvalue weighted by Gasteiger charge is -2.27. The number of rotatable bonds is 4. The molecule has 82 valence electrons. The molecular weight excluding hydrogens is 186 g/mol. The van der Waals surface area contributed by atoms with Crippen molar-refractivity contribution in [1.29, 1.82) is 0 Å². The van der Waals surface area contributed by atoms with E-state index in [9.17, 15) is 0 Å². The smallest absolute Gasteiger partial charge is 0.0663 e. The first-order valence-corrected chi connectivity index (χ1v) is 5.70. The van der Waals surface area contributed by atoms with Gasteiger partial charge in [-0.25, -0.2) is 0 Å². The molecule has 0 radical (unpaired) electrons. The summed E-state index contributed by atoms with van der Waals surface area (Å²) in [6, 6.07) is 8.28. The Kier molecular flexibility index (Phi) is 3.39. The summed E-state index contributed by atoms with van der Waals surface area (Å²) >= 11 is 0. The maximum atomic E-state index is 6.10. The molecule has 0 amide bonds. The molecule has 2 nitrogen and oxygen atoms in total. The van der Waals surface area contributed by atoms with E-state index in [-0.39, 0.29) is 6.04 Å². The number of hydrogen-bond donors (Lipinski definition) is 1. The van der Waals surface area contributed by atoms with Gasteiger partial charge in [-0.15, -0.1) is 0 Å². The molecular formula is C13H19NO. The summed E-state index contributed by atoms with van der Waals surface area (Å²) in [6.45, 7) is 2.74. The second kappa shape index (κ2) is 4.77. The summed E-state index contributed by atoms with van der Waals surface area (Å²) in [5, 5.41) is 0. The second-order valence-electron chi connectivity index (χ2n) is 4.35. The standard InChI is InChI=1S/C13H19NO/c1-10-5-2-3-8-12(10)13(14)9-15-11-6-4-7-11/h2-3,5,8,11,13H,4,6-7,9,14H2,1H3. The van der Waals surface area contributed by atoms with Gasteiger partial charge in [-0.3, -0.25) is 0 Å². The van der Waals surface area contributed by atoms with Crippen LogP contribution in [0, 0.1) is 6.92 Å². The van der Waals surface area contributed by atoms with Gasteiger partial charge in [-0.1, -0.05) is 24.3 Å². The summed E-state index contributed by atoms with van der Waals surface area (Å²) in [4.78, 5) is 0. The van der Waals surface area contributed by atoms with Crippen molar-refractivity contribution in [3.05, 3.63) is 35.4 Å². The molecule has 2 N–H and O–H groups in total. The van der Waals surface area contributed by atoms with E-state index in [1.54, 1.807) is 0 Å². The first kappa shape index (κ1) is 10.7. The Morgan fingerprint density at radius 1 is 1.40 bits per heavy atom. The van der Waals surface area contributed by atoms with Crippen LogP contribution < -0.4 is 5.73 Å². The van der Waals surface area contributed by atoms with Gasteiger partial charge in [-0.05, 0) is 37.3 Å². The fourth-order valence-electron chi connectivity index (χ4n) is 1.87. The average molecular weight is 205 g/mol. The van der Waals surface area contributed by atoms with Crippen LogP contribution in [0.1, 0.15) is 36.4 Å². The lowest BCUT2D eigenvalue weighted by molar-refractivity contribution is -0.00451. The molecule has 1 unspecified atom stereocenters. The highest BCUT2D eigenvalue weighted by Gasteiger charge is 2.19. The zero-order chi connectivity index (χ0) is 10.7. The summed E-state index contributed by atoms with van der Waals surface area (Å²) < 4.78 is 5.72. The summed E-state index contributed by atoms with van der Waals surface area (Å²) in [5.41, 5.74) is 8.56. The third kappa shape index (κ3) is 2.58. The van der Waals surface area contributed by atoms with Gasteiger partial charge in [0.15, 0.2) is 0 Å². The number of hydrogen-bond acceptors (Lipinski definition) is 2. The highest BCUT2D eigenvalue weighted by Crippen LogP contribution is 2.24. The zero-order valence-electron chi connectivity index (χ0n) is 9.28. The molecule has 1 saturated carbocycles. The van der Waals surface area contributed by atoms with Gasteiger partial charge in [0.05, 0.1) is 18.8 Å². The Labute approximate surface area is 91.4 Å². The maximum absolute atomic E-state index is 6.10. The van der Waals surface area contributed by atoms with Gasteiger partial charge < -0.3 is 10.5 Å². The fraction of sp³-hybridized carbons (Fsp3) is 0.538. The Balaban J connectivity index is 1.89. The van der Waals surface area contributed by atoms with Gasteiger partial charge >= 0.3 is 0 Å². The number of ether oxygens (including phenoxy) is 1. The number of benzene rings is 1. The molecule has 0 heterocycles. The summed E-state index contributed by atoms with van der Waals surface area (Å²) in [5.74, 6) is 0. The molecule has 0 spiro atoms. The SMILES string of the molecule is Cc1ccccc1C(N)COC1CCC1. The molecule has 2 heteroatoms. The maximum Gasteiger partial charge on any atom is 0.0663 e. The Morgan fingerprint density at radius 2 is 2.13 bits per heavy atom. The van der Waals surface area contributed by atoms with Crippen molar-refractivity contribution in [2.24, 2.45) is 5.73 Å². The van der Waals surface area contributed by atoms with E-state index in [0.29, 0.717) is 12.7 Å². The fourth-order valence-corrected chi connectivity index (χ4v) is 1.87. The minimum Gasteiger partial charge on any atom is -0.376 e. The van der Waals surface area contributed by atoms with Crippen LogP contribution in [0.2, 0.25) is 0 Å². The van der Waals surface area contributed by atoms with E-state index in [2.05, 4.69) is 19.1 Å². The van der Waals surface area contributed by atoms with Crippen molar-refractivity contribution in [2.75, 3.05) is 6.61 Å². The lowest BCUT2D eigenvalue weighted by Crippen LogP contribution is -2.27. The third-order valence-electron chi connectivity index (χ3n) is 3.15. The molecule has 15 heavy (non-hydrogen) atoms. The van der Waals surface area contributed by atoms with E-state index >= 15 is 0 Å². The first-order chi connectivity index (χ1) is 7.27. The van der Waals surface area contributed by atoms with Crippen LogP contribution in [-0.4, -0.2) is 12.7 Å². The van der Waals surface area contributed by atoms with Gasteiger partial charge in [0, 0.05) is 0 Å². The largest absolute Gasteiger partial charge is 0.376 e. The lowest BCUT2D eigenvalue weighted by atomic mass is 9.96. The van der Waals surface area contributed by atoms with Crippen molar-refractivity contribution in [1.82, 2.24) is 0 Å². The minimum absolute atomic E-state index is 0.0202. The number of aryl methyl sites for hydroxylation is 1. The predicted octanol–water partition coefficient (Wildman–Crippen LogP) is 2.56. The minimum atomic E-state index is 0.0202. The van der Waals surface area contributed by atoms with Crippen LogP contribution in [0.3, 0.4) is 0 Å². The summed E-state index contributed by atoms with van der Waals surface area (Å²) in [6.07, 6.45) is 4.20. The molecule has 2 rings (SSSR count). The number of nitrogens with two attached hydrogens (primary N) is 1. The molecule has 1 aliphatic rings. The van der Waals surface area contributed by atoms with Crippen molar-refractivity contribution in [2.45, 2.75) is 38.3 Å². The molecule has 1 fully saturated rings. The van der Waals surface area contributed by atoms with Crippen LogP contribution >= 0.6 is 0 Å². The van der Waals surface area contributed by atoms with Gasteiger partial charge in [0.1, 0.15) is 0 Å². The van der Waals surface area contributed by atoms with E-state index in [1.807, 2.05) is 12.1 Å². The molecule has 0 saturated heterocycles. The van der Waals surface area contributed by atoms with Gasteiger partial charge in [0.2, 0.25) is 0 Å². The molecule has 1 aromatic rings. The quantitative estimate of drug-likeness (QED) is 0.820. The molecule has 1 aromatic carbocycles. The van der Waals surface area contributed by atoms with Crippen LogP contribution in [0.25, 0.3) is 0 Å². The highest BCUT2D eigenvalue weighted by atomic mass is 16.5. The first-order valence-electron chi connectivity index (χ1n) is 5.70. The van der Waals surface area contributed by atoms with Gasteiger partial charge in [0.25, 0.3) is 0 Å². The predicted molar refractivity (Wildman–Crippen MR) is 61.7 cm³/mol. The Bertz CT molecular complexity index is 320. The van der Waals surface area contributed by atoms with E-state index in [0.717, 1.165) is 0 Å². The van der Waals surface area contributed by atoms with E-state index < -0.39 is 0 Å². The van der Waals surface area contributed by atoms with Crippen LogP contribution in [0.15, 0.2) is 24.3 Å². The Hall–Kier alpha value is -0.860. The molecule has 1 aliphatic carbocycles. The highest BCUT2D eigenvalue weighted by molar-refractivity contribution is 5.28.